The number of allylic oxidation sites excluding steroid dienone is 1. The van der Waals surface area contributed by atoms with Gasteiger partial charge < -0.3 is 5.11 Å². The Morgan fingerprint density at radius 2 is 2.18 bits per heavy atom. The smallest absolute Gasteiger partial charge is 0.0796 e. The van der Waals surface area contributed by atoms with Gasteiger partial charge in [0.1, 0.15) is 0 Å². The van der Waals surface area contributed by atoms with Crippen LogP contribution in [0.5, 0.6) is 0 Å². The molecule has 0 amide bonds. The molecule has 0 fully saturated rings. The molecule has 1 unspecified atom stereocenters. The Labute approximate surface area is 102 Å². The molecule has 1 aromatic heterocycles. The molecule has 0 bridgehead atoms. The van der Waals surface area contributed by atoms with Gasteiger partial charge in [0.15, 0.2) is 0 Å². The highest BCUT2D eigenvalue weighted by Crippen LogP contribution is 2.26. The number of aromatic nitrogens is 1. The number of benzene rings is 1. The zero-order valence-electron chi connectivity index (χ0n) is 9.84. The molecule has 0 saturated heterocycles. The lowest BCUT2D eigenvalue weighted by Crippen LogP contribution is -1.98. The maximum absolute atomic E-state index is 10.2. The average molecular weight is 227 g/mol. The van der Waals surface area contributed by atoms with E-state index in [0.717, 1.165) is 35.7 Å². The minimum Gasteiger partial charge on any atom is -0.388 e. The summed E-state index contributed by atoms with van der Waals surface area (Å²) in [6.45, 7) is 3.69. The van der Waals surface area contributed by atoms with Crippen LogP contribution in [0.4, 0.5) is 0 Å². The van der Waals surface area contributed by atoms with Gasteiger partial charge in [-0.05, 0) is 37.0 Å². The van der Waals surface area contributed by atoms with Crippen LogP contribution >= 0.6 is 0 Å². The topological polar surface area (TPSA) is 33.1 Å². The summed E-state index contributed by atoms with van der Waals surface area (Å²) in [6.07, 6.45) is 5.91. The van der Waals surface area contributed by atoms with Gasteiger partial charge in [-0.1, -0.05) is 24.3 Å². The molecule has 2 aromatic rings. The van der Waals surface area contributed by atoms with E-state index in [0.29, 0.717) is 0 Å². The van der Waals surface area contributed by atoms with E-state index < -0.39 is 6.10 Å². The van der Waals surface area contributed by atoms with E-state index in [2.05, 4.69) is 11.6 Å². The second-order valence-corrected chi connectivity index (χ2v) is 4.15. The third kappa shape index (κ3) is 2.71. The lowest BCUT2D eigenvalue weighted by molar-refractivity contribution is 0.166. The molecule has 2 heteroatoms. The van der Waals surface area contributed by atoms with E-state index in [9.17, 15) is 5.11 Å². The van der Waals surface area contributed by atoms with Crippen LogP contribution < -0.4 is 0 Å². The van der Waals surface area contributed by atoms with Gasteiger partial charge in [0.25, 0.3) is 0 Å². The molecule has 0 aliphatic heterocycles. The number of rotatable bonds is 5. The summed E-state index contributed by atoms with van der Waals surface area (Å²) in [5, 5.41) is 11.2. The summed E-state index contributed by atoms with van der Waals surface area (Å²) in [7, 11) is 0. The first-order chi connectivity index (χ1) is 8.33. The van der Waals surface area contributed by atoms with Crippen molar-refractivity contribution in [2.24, 2.45) is 0 Å². The maximum atomic E-state index is 10.2. The number of pyridine rings is 1. The van der Waals surface area contributed by atoms with E-state index in [1.165, 1.54) is 0 Å². The Kier molecular flexibility index (Phi) is 3.89. The summed E-state index contributed by atoms with van der Waals surface area (Å²) < 4.78 is 0. The van der Waals surface area contributed by atoms with Crippen molar-refractivity contribution in [3.63, 3.8) is 0 Å². The van der Waals surface area contributed by atoms with E-state index in [4.69, 9.17) is 0 Å². The number of fused-ring (bicyclic) bond motifs is 1. The number of unbranched alkanes of at least 4 members (excludes halogenated alkanes) is 1. The molecule has 1 aromatic carbocycles. The van der Waals surface area contributed by atoms with Crippen LogP contribution in [0, 0.1) is 0 Å². The van der Waals surface area contributed by atoms with Crippen molar-refractivity contribution >= 4 is 10.9 Å². The van der Waals surface area contributed by atoms with Crippen LogP contribution in [0.25, 0.3) is 10.9 Å². The molecular weight excluding hydrogens is 210 g/mol. The van der Waals surface area contributed by atoms with Crippen LogP contribution in [0.2, 0.25) is 0 Å². The van der Waals surface area contributed by atoms with Gasteiger partial charge in [0.2, 0.25) is 0 Å². The molecule has 1 heterocycles. The normalized spacial score (nSPS) is 12.5. The minimum absolute atomic E-state index is 0.414. The van der Waals surface area contributed by atoms with Gasteiger partial charge in [-0.15, -0.1) is 6.58 Å². The molecule has 0 spiro atoms. The van der Waals surface area contributed by atoms with Crippen LogP contribution in [-0.2, 0) is 0 Å². The minimum atomic E-state index is -0.414. The average Bonchev–Trinajstić information content (AvgIpc) is 2.38. The standard InChI is InChI=1S/C15H17NO/c1-2-3-4-10-15(17)13-7-5-9-14-12(13)8-6-11-16-14/h2,5-9,11,15,17H,1,3-4,10H2. The SMILES string of the molecule is C=CCCCC(O)c1cccc2ncccc12. The molecule has 88 valence electrons. The zero-order valence-corrected chi connectivity index (χ0v) is 9.84. The number of hydrogen-bond acceptors (Lipinski definition) is 2. The van der Waals surface area contributed by atoms with Gasteiger partial charge in [-0.3, -0.25) is 4.98 Å². The lowest BCUT2D eigenvalue weighted by Gasteiger charge is -2.12. The van der Waals surface area contributed by atoms with Crippen molar-refractivity contribution in [3.8, 4) is 0 Å². The van der Waals surface area contributed by atoms with Crippen molar-refractivity contribution in [2.45, 2.75) is 25.4 Å². The molecule has 0 radical (unpaired) electrons. The van der Waals surface area contributed by atoms with E-state index in [1.807, 2.05) is 36.4 Å². The van der Waals surface area contributed by atoms with Crippen LogP contribution in [0.1, 0.15) is 30.9 Å². The van der Waals surface area contributed by atoms with Crippen molar-refractivity contribution in [1.29, 1.82) is 0 Å². The summed E-state index contributed by atoms with van der Waals surface area (Å²) in [6, 6.07) is 9.80. The van der Waals surface area contributed by atoms with Crippen LogP contribution in [-0.4, -0.2) is 10.1 Å². The highest BCUT2D eigenvalue weighted by molar-refractivity contribution is 5.82. The highest BCUT2D eigenvalue weighted by Gasteiger charge is 2.10. The quantitative estimate of drug-likeness (QED) is 0.625. The van der Waals surface area contributed by atoms with Gasteiger partial charge in [-0.2, -0.15) is 0 Å². The van der Waals surface area contributed by atoms with Crippen LogP contribution in [0.3, 0.4) is 0 Å². The molecule has 17 heavy (non-hydrogen) atoms. The fourth-order valence-electron chi connectivity index (χ4n) is 2.03. The largest absolute Gasteiger partial charge is 0.388 e. The molecule has 1 N–H and O–H groups in total. The van der Waals surface area contributed by atoms with Gasteiger partial charge >= 0.3 is 0 Å². The Balaban J connectivity index is 2.25. The van der Waals surface area contributed by atoms with Crippen molar-refractivity contribution in [2.75, 3.05) is 0 Å². The van der Waals surface area contributed by atoms with E-state index in [1.54, 1.807) is 6.20 Å². The molecule has 1 atom stereocenters. The van der Waals surface area contributed by atoms with Crippen molar-refractivity contribution in [3.05, 3.63) is 54.7 Å². The maximum Gasteiger partial charge on any atom is 0.0796 e. The Morgan fingerprint density at radius 3 is 3.00 bits per heavy atom. The summed E-state index contributed by atoms with van der Waals surface area (Å²) >= 11 is 0. The van der Waals surface area contributed by atoms with Crippen molar-refractivity contribution in [1.82, 2.24) is 4.98 Å². The third-order valence-corrected chi connectivity index (χ3v) is 2.92. The second-order valence-electron chi connectivity index (χ2n) is 4.15. The number of hydrogen-bond donors (Lipinski definition) is 1. The summed E-state index contributed by atoms with van der Waals surface area (Å²) in [5.41, 5.74) is 1.91. The highest BCUT2D eigenvalue weighted by atomic mass is 16.3. The predicted octanol–water partition coefficient (Wildman–Crippen LogP) is 3.62. The molecule has 2 nitrogen and oxygen atoms in total. The summed E-state index contributed by atoms with van der Waals surface area (Å²) in [5.74, 6) is 0. The Hall–Kier alpha value is -1.67. The fraction of sp³-hybridized carbons (Fsp3) is 0.267. The predicted molar refractivity (Wildman–Crippen MR) is 70.8 cm³/mol. The first-order valence-corrected chi connectivity index (χ1v) is 5.95. The Bertz CT molecular complexity index is 502. The van der Waals surface area contributed by atoms with Crippen LogP contribution in [0.15, 0.2) is 49.2 Å². The second kappa shape index (κ2) is 5.60. The molecule has 0 aliphatic rings. The number of aliphatic hydroxyl groups excluding tert-OH is 1. The van der Waals surface area contributed by atoms with Crippen molar-refractivity contribution < 1.29 is 5.11 Å². The number of aliphatic hydroxyl groups is 1. The first-order valence-electron chi connectivity index (χ1n) is 5.95. The summed E-state index contributed by atoms with van der Waals surface area (Å²) in [4.78, 5) is 4.29. The van der Waals surface area contributed by atoms with E-state index in [-0.39, 0.29) is 0 Å². The van der Waals surface area contributed by atoms with Gasteiger partial charge in [0.05, 0.1) is 11.6 Å². The molecular formula is C15H17NO. The molecule has 0 saturated carbocycles. The molecule has 2 rings (SSSR count). The third-order valence-electron chi connectivity index (χ3n) is 2.92. The lowest BCUT2D eigenvalue weighted by atomic mass is 9.99. The van der Waals surface area contributed by atoms with Gasteiger partial charge in [-0.25, -0.2) is 0 Å². The first kappa shape index (κ1) is 11.8. The fourth-order valence-corrected chi connectivity index (χ4v) is 2.03. The zero-order chi connectivity index (χ0) is 12.1. The monoisotopic (exact) mass is 227 g/mol. The Morgan fingerprint density at radius 1 is 1.29 bits per heavy atom. The van der Waals surface area contributed by atoms with Gasteiger partial charge in [0, 0.05) is 11.6 Å². The molecule has 0 aliphatic carbocycles. The van der Waals surface area contributed by atoms with E-state index >= 15 is 0 Å². The number of nitrogens with zero attached hydrogens (tertiary/aromatic N) is 1.